The first kappa shape index (κ1) is 12.3. The summed E-state index contributed by atoms with van der Waals surface area (Å²) < 4.78 is 0. The Balaban J connectivity index is 2.97. The lowest BCUT2D eigenvalue weighted by Gasteiger charge is -2.32. The number of aliphatic hydroxyl groups is 1. The van der Waals surface area contributed by atoms with Crippen molar-refractivity contribution in [1.29, 1.82) is 0 Å². The molecule has 0 bridgehead atoms. The summed E-state index contributed by atoms with van der Waals surface area (Å²) in [4.78, 5) is 0. The van der Waals surface area contributed by atoms with Crippen molar-refractivity contribution in [2.45, 2.75) is 44.9 Å². The average molecular weight is 206 g/mol. The molecule has 1 N–H and O–H groups in total. The molecule has 0 aliphatic carbocycles. The van der Waals surface area contributed by atoms with E-state index in [0.717, 1.165) is 25.7 Å². The molecule has 0 amide bonds. The van der Waals surface area contributed by atoms with Crippen molar-refractivity contribution in [2.24, 2.45) is 0 Å². The second kappa shape index (κ2) is 5.92. The maximum atomic E-state index is 9.69. The van der Waals surface area contributed by atoms with E-state index in [-0.39, 0.29) is 12.0 Å². The van der Waals surface area contributed by atoms with Crippen LogP contribution in [0.25, 0.3) is 0 Å². The van der Waals surface area contributed by atoms with E-state index in [9.17, 15) is 5.11 Å². The maximum absolute atomic E-state index is 9.69. The van der Waals surface area contributed by atoms with E-state index in [0.29, 0.717) is 0 Å². The van der Waals surface area contributed by atoms with Crippen LogP contribution < -0.4 is 0 Å². The first-order valence-electron chi connectivity index (χ1n) is 5.95. The molecule has 15 heavy (non-hydrogen) atoms. The van der Waals surface area contributed by atoms with E-state index in [4.69, 9.17) is 0 Å². The molecule has 1 heteroatoms. The average Bonchev–Trinajstić information content (AvgIpc) is 2.30. The van der Waals surface area contributed by atoms with Crippen molar-refractivity contribution < 1.29 is 5.11 Å². The zero-order valence-electron chi connectivity index (χ0n) is 9.87. The Kier molecular flexibility index (Phi) is 4.83. The Morgan fingerprint density at radius 1 is 1.00 bits per heavy atom. The number of hydrogen-bond donors (Lipinski definition) is 1. The Morgan fingerprint density at radius 2 is 1.53 bits per heavy atom. The van der Waals surface area contributed by atoms with Crippen LogP contribution in [0.5, 0.6) is 0 Å². The van der Waals surface area contributed by atoms with Crippen molar-refractivity contribution >= 4 is 0 Å². The predicted octanol–water partition coefficient (Wildman–Crippen LogP) is 3.52. The van der Waals surface area contributed by atoms with Crippen LogP contribution in [0.1, 0.15) is 45.1 Å². The third-order valence-electron chi connectivity index (χ3n) is 3.15. The fourth-order valence-corrected chi connectivity index (χ4v) is 2.41. The Bertz CT molecular complexity index is 260. The van der Waals surface area contributed by atoms with Gasteiger partial charge in [-0.1, -0.05) is 57.0 Å². The molecule has 0 atom stereocenters. The summed E-state index contributed by atoms with van der Waals surface area (Å²) in [5.41, 5.74) is 1.28. The number of hydrogen-bond acceptors (Lipinski definition) is 1. The van der Waals surface area contributed by atoms with Gasteiger partial charge in [-0.15, -0.1) is 0 Å². The van der Waals surface area contributed by atoms with Crippen LogP contribution in [0.2, 0.25) is 0 Å². The van der Waals surface area contributed by atoms with Gasteiger partial charge in [-0.2, -0.15) is 0 Å². The topological polar surface area (TPSA) is 20.2 Å². The van der Waals surface area contributed by atoms with Crippen molar-refractivity contribution in [1.82, 2.24) is 0 Å². The van der Waals surface area contributed by atoms with Gasteiger partial charge in [-0.25, -0.2) is 0 Å². The number of aliphatic hydroxyl groups excluding tert-OH is 1. The highest BCUT2D eigenvalue weighted by molar-refractivity contribution is 5.25. The fourth-order valence-electron chi connectivity index (χ4n) is 2.41. The van der Waals surface area contributed by atoms with Crippen molar-refractivity contribution in [2.75, 3.05) is 6.61 Å². The molecule has 1 rings (SSSR count). The van der Waals surface area contributed by atoms with Gasteiger partial charge in [0.1, 0.15) is 0 Å². The first-order chi connectivity index (χ1) is 7.29. The molecular formula is C14H22O. The van der Waals surface area contributed by atoms with Gasteiger partial charge in [0.2, 0.25) is 0 Å². The first-order valence-corrected chi connectivity index (χ1v) is 5.95. The molecule has 0 aromatic heterocycles. The van der Waals surface area contributed by atoms with Gasteiger partial charge in [-0.05, 0) is 18.4 Å². The third kappa shape index (κ3) is 2.82. The number of benzene rings is 1. The maximum Gasteiger partial charge on any atom is 0.0527 e. The summed E-state index contributed by atoms with van der Waals surface area (Å²) in [6.45, 7) is 4.63. The highest BCUT2D eigenvalue weighted by atomic mass is 16.3. The molecule has 0 saturated carbocycles. The molecule has 0 saturated heterocycles. The normalized spacial score (nSPS) is 11.7. The summed E-state index contributed by atoms with van der Waals surface area (Å²) in [7, 11) is 0. The van der Waals surface area contributed by atoms with Crippen molar-refractivity contribution in [3.63, 3.8) is 0 Å². The molecule has 1 aromatic carbocycles. The van der Waals surface area contributed by atoms with Crippen LogP contribution in [-0.4, -0.2) is 11.7 Å². The minimum atomic E-state index is -0.00917. The summed E-state index contributed by atoms with van der Waals surface area (Å²) in [6, 6.07) is 10.4. The summed E-state index contributed by atoms with van der Waals surface area (Å²) in [6.07, 6.45) is 4.38. The molecule has 1 aromatic rings. The highest BCUT2D eigenvalue weighted by Crippen LogP contribution is 2.33. The quantitative estimate of drug-likeness (QED) is 0.755. The summed E-state index contributed by atoms with van der Waals surface area (Å²) >= 11 is 0. The second-order valence-electron chi connectivity index (χ2n) is 4.30. The van der Waals surface area contributed by atoms with Crippen LogP contribution >= 0.6 is 0 Å². The molecule has 0 radical (unpaired) electrons. The molecule has 1 nitrogen and oxygen atoms in total. The van der Waals surface area contributed by atoms with E-state index >= 15 is 0 Å². The smallest absolute Gasteiger partial charge is 0.0527 e. The van der Waals surface area contributed by atoms with Gasteiger partial charge in [0, 0.05) is 5.41 Å². The van der Waals surface area contributed by atoms with Gasteiger partial charge in [-0.3, -0.25) is 0 Å². The van der Waals surface area contributed by atoms with E-state index < -0.39 is 0 Å². The molecule has 0 heterocycles. The van der Waals surface area contributed by atoms with Crippen LogP contribution in [0, 0.1) is 0 Å². The van der Waals surface area contributed by atoms with Gasteiger partial charge in [0.25, 0.3) is 0 Å². The molecule has 0 aliphatic heterocycles. The minimum absolute atomic E-state index is 0.00917. The molecule has 0 aliphatic rings. The van der Waals surface area contributed by atoms with Crippen LogP contribution in [0.4, 0.5) is 0 Å². The molecule has 0 fully saturated rings. The van der Waals surface area contributed by atoms with Gasteiger partial charge < -0.3 is 5.11 Å². The molecule has 84 valence electrons. The second-order valence-corrected chi connectivity index (χ2v) is 4.30. The van der Waals surface area contributed by atoms with Crippen LogP contribution in [0.3, 0.4) is 0 Å². The van der Waals surface area contributed by atoms with Gasteiger partial charge >= 0.3 is 0 Å². The van der Waals surface area contributed by atoms with Gasteiger partial charge in [0.15, 0.2) is 0 Å². The molecule has 0 unspecified atom stereocenters. The standard InChI is InChI=1S/C14H22O/c1-3-10-14(12-15,11-4-2)13-8-6-5-7-9-13/h5-9,15H,3-4,10-12H2,1-2H3. The lowest BCUT2D eigenvalue weighted by molar-refractivity contribution is 0.172. The van der Waals surface area contributed by atoms with Crippen LogP contribution in [-0.2, 0) is 5.41 Å². The minimum Gasteiger partial charge on any atom is -0.395 e. The zero-order valence-corrected chi connectivity index (χ0v) is 9.87. The monoisotopic (exact) mass is 206 g/mol. The zero-order chi connectivity index (χ0) is 11.1. The summed E-state index contributed by atoms with van der Waals surface area (Å²) in [5.74, 6) is 0. The van der Waals surface area contributed by atoms with E-state index in [1.807, 2.05) is 6.07 Å². The van der Waals surface area contributed by atoms with Crippen molar-refractivity contribution in [3.05, 3.63) is 35.9 Å². The van der Waals surface area contributed by atoms with Gasteiger partial charge in [0.05, 0.1) is 6.61 Å². The Hall–Kier alpha value is -0.820. The van der Waals surface area contributed by atoms with Crippen molar-refractivity contribution in [3.8, 4) is 0 Å². The lowest BCUT2D eigenvalue weighted by Crippen LogP contribution is -2.30. The highest BCUT2D eigenvalue weighted by Gasteiger charge is 2.29. The van der Waals surface area contributed by atoms with E-state index in [2.05, 4.69) is 38.1 Å². The lowest BCUT2D eigenvalue weighted by atomic mass is 9.74. The van der Waals surface area contributed by atoms with E-state index in [1.165, 1.54) is 5.56 Å². The Labute approximate surface area is 93.1 Å². The predicted molar refractivity (Wildman–Crippen MR) is 65.0 cm³/mol. The third-order valence-corrected chi connectivity index (χ3v) is 3.15. The SMILES string of the molecule is CCCC(CO)(CCC)c1ccccc1. The Morgan fingerprint density at radius 3 is 1.93 bits per heavy atom. The van der Waals surface area contributed by atoms with Crippen LogP contribution in [0.15, 0.2) is 30.3 Å². The largest absolute Gasteiger partial charge is 0.395 e. The molecular weight excluding hydrogens is 184 g/mol. The fraction of sp³-hybridized carbons (Fsp3) is 0.571. The molecule has 0 spiro atoms. The van der Waals surface area contributed by atoms with E-state index in [1.54, 1.807) is 0 Å². The summed E-state index contributed by atoms with van der Waals surface area (Å²) in [5, 5.41) is 9.69. The number of rotatable bonds is 6.